The molecule has 0 radical (unpaired) electrons. The van der Waals surface area contributed by atoms with E-state index >= 15 is 0 Å². The molecule has 18 heavy (non-hydrogen) atoms. The summed E-state index contributed by atoms with van der Waals surface area (Å²) in [5, 5.41) is 23.9. The second-order valence-corrected chi connectivity index (χ2v) is 4.90. The first-order chi connectivity index (χ1) is 8.40. The minimum Gasteiger partial charge on any atom is -0.394 e. The van der Waals surface area contributed by atoms with Crippen molar-refractivity contribution in [2.45, 2.75) is 12.5 Å². The van der Waals surface area contributed by atoms with Gasteiger partial charge < -0.3 is 20.8 Å². The van der Waals surface area contributed by atoms with Gasteiger partial charge in [-0.15, -0.1) is 0 Å². The van der Waals surface area contributed by atoms with Crippen molar-refractivity contribution in [2.75, 3.05) is 18.5 Å². The molecule has 4 nitrogen and oxygen atoms in total. The van der Waals surface area contributed by atoms with Crippen LogP contribution in [0.25, 0.3) is 0 Å². The third-order valence-corrected chi connectivity index (χ3v) is 2.78. The Balaban J connectivity index is 2.67. The van der Waals surface area contributed by atoms with Crippen LogP contribution >= 0.6 is 23.8 Å². The van der Waals surface area contributed by atoms with E-state index in [0.717, 1.165) is 0 Å². The minimum absolute atomic E-state index is 0.0186. The lowest BCUT2D eigenvalue weighted by atomic mass is 10.1. The Hall–Kier alpha value is -0.950. The maximum atomic E-state index is 12.9. The molecule has 0 aliphatic heterocycles. The van der Waals surface area contributed by atoms with Gasteiger partial charge in [0.05, 0.1) is 23.8 Å². The molecule has 7 heteroatoms. The van der Waals surface area contributed by atoms with Crippen molar-refractivity contribution in [1.29, 1.82) is 0 Å². The van der Waals surface area contributed by atoms with Crippen LogP contribution in [0.2, 0.25) is 5.02 Å². The second kappa shape index (κ2) is 6.29. The Labute approximate surface area is 115 Å². The number of aliphatic hydroxyl groups excluding tert-OH is 2. The molecule has 1 aromatic carbocycles. The van der Waals surface area contributed by atoms with E-state index in [1.165, 1.54) is 18.2 Å². The van der Waals surface area contributed by atoms with Crippen molar-refractivity contribution < 1.29 is 14.6 Å². The highest BCUT2D eigenvalue weighted by Crippen LogP contribution is 2.19. The summed E-state index contributed by atoms with van der Waals surface area (Å²) >= 11 is 10.6. The van der Waals surface area contributed by atoms with Crippen LogP contribution in [0.3, 0.4) is 0 Å². The molecule has 0 saturated carbocycles. The van der Waals surface area contributed by atoms with Crippen LogP contribution in [-0.2, 0) is 0 Å². The zero-order valence-electron chi connectivity index (χ0n) is 9.70. The molecule has 0 atom stereocenters. The van der Waals surface area contributed by atoms with Gasteiger partial charge in [-0.2, -0.15) is 0 Å². The number of aliphatic hydroxyl groups is 2. The third-order valence-electron chi connectivity index (χ3n) is 2.29. The summed E-state index contributed by atoms with van der Waals surface area (Å²) in [5.74, 6) is -0.517. The second-order valence-electron chi connectivity index (χ2n) is 4.08. The van der Waals surface area contributed by atoms with Gasteiger partial charge in [0.25, 0.3) is 0 Å². The average Bonchev–Trinajstić information content (AvgIpc) is 2.33. The molecule has 0 heterocycles. The summed E-state index contributed by atoms with van der Waals surface area (Å²) in [6, 6.07) is 4.08. The fourth-order valence-corrected chi connectivity index (χ4v) is 1.68. The van der Waals surface area contributed by atoms with E-state index in [2.05, 4.69) is 10.6 Å². The van der Waals surface area contributed by atoms with Crippen LogP contribution in [0.1, 0.15) is 6.92 Å². The van der Waals surface area contributed by atoms with Crippen LogP contribution < -0.4 is 10.6 Å². The Morgan fingerprint density at radius 2 is 2.06 bits per heavy atom. The summed E-state index contributed by atoms with van der Waals surface area (Å²) in [6.45, 7) is 1.05. The summed E-state index contributed by atoms with van der Waals surface area (Å²) in [4.78, 5) is 0. The lowest BCUT2D eigenvalue weighted by Gasteiger charge is -2.27. The zero-order chi connectivity index (χ0) is 13.8. The number of hydrogen-bond donors (Lipinski definition) is 4. The zero-order valence-corrected chi connectivity index (χ0v) is 11.3. The molecule has 100 valence electrons. The smallest absolute Gasteiger partial charge is 0.171 e. The van der Waals surface area contributed by atoms with Gasteiger partial charge in [-0.25, -0.2) is 4.39 Å². The van der Waals surface area contributed by atoms with Gasteiger partial charge in [-0.05, 0) is 37.3 Å². The summed E-state index contributed by atoms with van der Waals surface area (Å²) in [6.07, 6.45) is 0. The van der Waals surface area contributed by atoms with Gasteiger partial charge in [-0.3, -0.25) is 0 Å². The van der Waals surface area contributed by atoms with E-state index in [9.17, 15) is 4.39 Å². The van der Waals surface area contributed by atoms with Gasteiger partial charge in [0.1, 0.15) is 5.82 Å². The van der Waals surface area contributed by atoms with Gasteiger partial charge >= 0.3 is 0 Å². The lowest BCUT2D eigenvalue weighted by molar-refractivity contribution is 0.120. The summed E-state index contributed by atoms with van der Waals surface area (Å²) in [5.41, 5.74) is -0.411. The van der Waals surface area contributed by atoms with E-state index in [-0.39, 0.29) is 23.3 Å². The first kappa shape index (κ1) is 15.1. The van der Waals surface area contributed by atoms with Crippen LogP contribution in [0.5, 0.6) is 0 Å². The molecule has 0 amide bonds. The first-order valence-electron chi connectivity index (χ1n) is 5.16. The maximum Gasteiger partial charge on any atom is 0.171 e. The highest BCUT2D eigenvalue weighted by atomic mass is 35.5. The Kier molecular flexibility index (Phi) is 5.28. The number of rotatable bonds is 4. The van der Waals surface area contributed by atoms with Gasteiger partial charge in [-0.1, -0.05) is 11.6 Å². The van der Waals surface area contributed by atoms with E-state index in [1.54, 1.807) is 6.92 Å². The molecule has 0 spiro atoms. The third kappa shape index (κ3) is 4.06. The molecule has 4 N–H and O–H groups in total. The molecule has 0 aliphatic rings. The molecular weight excluding hydrogens is 279 g/mol. The molecule has 0 aromatic heterocycles. The molecule has 0 aliphatic carbocycles. The summed E-state index contributed by atoms with van der Waals surface area (Å²) < 4.78 is 12.9. The monoisotopic (exact) mass is 292 g/mol. The average molecular weight is 293 g/mol. The fraction of sp³-hybridized carbons (Fsp3) is 0.364. The SMILES string of the molecule is CC(CO)(CO)NC(=S)Nc1ccc(F)c(Cl)c1. The van der Waals surface area contributed by atoms with Crippen molar-refractivity contribution in [1.82, 2.24) is 5.32 Å². The molecule has 0 saturated heterocycles. The number of anilines is 1. The molecule has 0 bridgehead atoms. The quantitative estimate of drug-likeness (QED) is 0.634. The largest absolute Gasteiger partial charge is 0.394 e. The highest BCUT2D eigenvalue weighted by Gasteiger charge is 2.22. The van der Waals surface area contributed by atoms with Gasteiger partial charge in [0, 0.05) is 5.69 Å². The van der Waals surface area contributed by atoms with Crippen LogP contribution in [-0.4, -0.2) is 34.1 Å². The predicted molar refractivity (Wildman–Crippen MR) is 73.3 cm³/mol. The first-order valence-corrected chi connectivity index (χ1v) is 5.95. The number of benzene rings is 1. The van der Waals surface area contributed by atoms with Crippen molar-refractivity contribution >= 4 is 34.6 Å². The van der Waals surface area contributed by atoms with Crippen molar-refractivity contribution in [2.24, 2.45) is 0 Å². The Bertz CT molecular complexity index is 441. The van der Waals surface area contributed by atoms with Crippen LogP contribution in [0.15, 0.2) is 18.2 Å². The fourth-order valence-electron chi connectivity index (χ4n) is 1.14. The standard InChI is InChI=1S/C11H14ClFN2O2S/c1-11(5-16,6-17)15-10(18)14-7-2-3-9(13)8(12)4-7/h2-4,16-17H,5-6H2,1H3,(H2,14,15,18). The number of nitrogens with one attached hydrogen (secondary N) is 2. The molecular formula is C11H14ClFN2O2S. The lowest BCUT2D eigenvalue weighted by Crippen LogP contribution is -2.53. The van der Waals surface area contributed by atoms with Crippen molar-refractivity contribution in [3.8, 4) is 0 Å². The predicted octanol–water partition coefficient (Wildman–Crippen LogP) is 1.51. The number of hydrogen-bond acceptors (Lipinski definition) is 3. The maximum absolute atomic E-state index is 12.9. The number of thiocarbonyl (C=S) groups is 1. The van der Waals surface area contributed by atoms with Crippen LogP contribution in [0, 0.1) is 5.82 Å². The van der Waals surface area contributed by atoms with Crippen LogP contribution in [0.4, 0.5) is 10.1 Å². The summed E-state index contributed by atoms with van der Waals surface area (Å²) in [7, 11) is 0. The molecule has 0 unspecified atom stereocenters. The molecule has 1 aromatic rings. The molecule has 1 rings (SSSR count). The molecule has 0 fully saturated rings. The normalized spacial score (nSPS) is 11.2. The minimum atomic E-state index is -0.923. The highest BCUT2D eigenvalue weighted by molar-refractivity contribution is 7.80. The van der Waals surface area contributed by atoms with E-state index in [1.807, 2.05) is 0 Å². The van der Waals surface area contributed by atoms with Crippen molar-refractivity contribution in [3.63, 3.8) is 0 Å². The van der Waals surface area contributed by atoms with E-state index in [4.69, 9.17) is 34.0 Å². The topological polar surface area (TPSA) is 64.5 Å². The van der Waals surface area contributed by atoms with Gasteiger partial charge in [0.2, 0.25) is 0 Å². The Morgan fingerprint density at radius 3 is 2.56 bits per heavy atom. The number of halogens is 2. The Morgan fingerprint density at radius 1 is 1.44 bits per heavy atom. The van der Waals surface area contributed by atoms with Gasteiger partial charge in [0.15, 0.2) is 5.11 Å². The van der Waals surface area contributed by atoms with E-state index in [0.29, 0.717) is 5.69 Å². The van der Waals surface area contributed by atoms with E-state index < -0.39 is 11.4 Å². The van der Waals surface area contributed by atoms with Crippen molar-refractivity contribution in [3.05, 3.63) is 29.0 Å².